The molecule has 2 unspecified atom stereocenters. The van der Waals surface area contributed by atoms with E-state index in [9.17, 15) is 0 Å². The SMILES string of the molecule is CCC1COC(C)CN1c1ccc(C)cc1CNC. The van der Waals surface area contributed by atoms with Crippen LogP contribution in [0.4, 0.5) is 5.69 Å². The van der Waals surface area contributed by atoms with Crippen LogP contribution in [-0.2, 0) is 11.3 Å². The number of rotatable bonds is 4. The zero-order valence-corrected chi connectivity index (χ0v) is 12.6. The molecule has 0 spiro atoms. The lowest BCUT2D eigenvalue weighted by Gasteiger charge is -2.41. The average molecular weight is 262 g/mol. The molecule has 2 atom stereocenters. The fourth-order valence-corrected chi connectivity index (χ4v) is 2.80. The van der Waals surface area contributed by atoms with E-state index in [0.717, 1.165) is 26.1 Å². The Bertz CT molecular complexity index is 419. The third kappa shape index (κ3) is 3.28. The predicted octanol–water partition coefficient (Wildman–Crippen LogP) is 2.72. The number of hydrogen-bond acceptors (Lipinski definition) is 3. The number of benzene rings is 1. The molecule has 1 aliphatic rings. The van der Waals surface area contributed by atoms with E-state index in [-0.39, 0.29) is 0 Å². The van der Waals surface area contributed by atoms with Crippen molar-refractivity contribution in [2.45, 2.75) is 45.9 Å². The molecular weight excluding hydrogens is 236 g/mol. The molecule has 3 nitrogen and oxygen atoms in total. The van der Waals surface area contributed by atoms with Crippen molar-refractivity contribution < 1.29 is 4.74 Å². The maximum Gasteiger partial charge on any atom is 0.0723 e. The molecule has 19 heavy (non-hydrogen) atoms. The number of hydrogen-bond donors (Lipinski definition) is 1. The van der Waals surface area contributed by atoms with Crippen molar-refractivity contribution in [1.82, 2.24) is 5.32 Å². The Morgan fingerprint density at radius 3 is 2.89 bits per heavy atom. The molecule has 1 aliphatic heterocycles. The second-order valence-electron chi connectivity index (χ2n) is 5.52. The summed E-state index contributed by atoms with van der Waals surface area (Å²) in [6.45, 7) is 9.29. The Morgan fingerprint density at radius 1 is 1.42 bits per heavy atom. The van der Waals surface area contributed by atoms with Gasteiger partial charge in [0.05, 0.1) is 18.8 Å². The van der Waals surface area contributed by atoms with Gasteiger partial charge in [-0.3, -0.25) is 0 Å². The Hall–Kier alpha value is -1.06. The van der Waals surface area contributed by atoms with Crippen LogP contribution in [0.2, 0.25) is 0 Å². The standard InChI is InChI=1S/C16H26N2O/c1-5-15-11-19-13(3)10-18(15)16-7-6-12(2)8-14(16)9-17-4/h6-8,13,15,17H,5,9-11H2,1-4H3. The van der Waals surface area contributed by atoms with Gasteiger partial charge in [0.1, 0.15) is 0 Å². The Labute approximate surface area is 116 Å². The van der Waals surface area contributed by atoms with Gasteiger partial charge in [-0.05, 0) is 38.9 Å². The van der Waals surface area contributed by atoms with Gasteiger partial charge < -0.3 is 15.0 Å². The normalized spacial score (nSPS) is 23.7. The van der Waals surface area contributed by atoms with Crippen molar-refractivity contribution in [3.63, 3.8) is 0 Å². The largest absolute Gasteiger partial charge is 0.375 e. The zero-order valence-electron chi connectivity index (χ0n) is 12.6. The minimum absolute atomic E-state index is 0.312. The second-order valence-corrected chi connectivity index (χ2v) is 5.52. The maximum atomic E-state index is 5.80. The number of nitrogens with zero attached hydrogens (tertiary/aromatic N) is 1. The van der Waals surface area contributed by atoms with Crippen molar-refractivity contribution in [2.24, 2.45) is 0 Å². The summed E-state index contributed by atoms with van der Waals surface area (Å²) in [7, 11) is 2.01. The van der Waals surface area contributed by atoms with Gasteiger partial charge in [0.25, 0.3) is 0 Å². The maximum absolute atomic E-state index is 5.80. The molecule has 0 saturated carbocycles. The lowest BCUT2D eigenvalue weighted by molar-refractivity contribution is 0.0299. The van der Waals surface area contributed by atoms with Crippen LogP contribution in [0.1, 0.15) is 31.4 Å². The molecule has 3 heteroatoms. The summed E-state index contributed by atoms with van der Waals surface area (Å²) in [5, 5.41) is 3.28. The van der Waals surface area contributed by atoms with E-state index in [1.807, 2.05) is 7.05 Å². The summed E-state index contributed by atoms with van der Waals surface area (Å²) >= 11 is 0. The van der Waals surface area contributed by atoms with Gasteiger partial charge in [0.2, 0.25) is 0 Å². The quantitative estimate of drug-likeness (QED) is 0.903. The summed E-state index contributed by atoms with van der Waals surface area (Å²) in [5.74, 6) is 0. The van der Waals surface area contributed by atoms with Crippen molar-refractivity contribution in [3.8, 4) is 0 Å². The highest BCUT2D eigenvalue weighted by Crippen LogP contribution is 2.28. The molecule has 106 valence electrons. The van der Waals surface area contributed by atoms with Crippen molar-refractivity contribution >= 4 is 5.69 Å². The predicted molar refractivity (Wildman–Crippen MR) is 80.8 cm³/mol. The van der Waals surface area contributed by atoms with Crippen LogP contribution in [-0.4, -0.2) is 32.3 Å². The fraction of sp³-hybridized carbons (Fsp3) is 0.625. The average Bonchev–Trinajstić information content (AvgIpc) is 2.39. The smallest absolute Gasteiger partial charge is 0.0723 e. The Morgan fingerprint density at radius 2 is 2.21 bits per heavy atom. The van der Waals surface area contributed by atoms with Gasteiger partial charge in [-0.1, -0.05) is 24.6 Å². The van der Waals surface area contributed by atoms with E-state index >= 15 is 0 Å². The summed E-state index contributed by atoms with van der Waals surface area (Å²) in [6, 6.07) is 7.26. The Kier molecular flexibility index (Phi) is 4.83. The summed E-state index contributed by atoms with van der Waals surface area (Å²) < 4.78 is 5.80. The first-order valence-corrected chi connectivity index (χ1v) is 7.28. The van der Waals surface area contributed by atoms with Crippen molar-refractivity contribution in [2.75, 3.05) is 25.1 Å². The monoisotopic (exact) mass is 262 g/mol. The first kappa shape index (κ1) is 14.4. The molecule has 0 aliphatic carbocycles. The van der Waals surface area contributed by atoms with E-state index in [0.29, 0.717) is 12.1 Å². The highest BCUT2D eigenvalue weighted by atomic mass is 16.5. The van der Waals surface area contributed by atoms with Crippen LogP contribution < -0.4 is 10.2 Å². The third-order valence-corrected chi connectivity index (χ3v) is 3.85. The van der Waals surface area contributed by atoms with Gasteiger partial charge in [-0.15, -0.1) is 0 Å². The van der Waals surface area contributed by atoms with Gasteiger partial charge >= 0.3 is 0 Å². The summed E-state index contributed by atoms with van der Waals surface area (Å²) in [5.41, 5.74) is 4.07. The minimum Gasteiger partial charge on any atom is -0.375 e. The van der Waals surface area contributed by atoms with Crippen LogP contribution in [0.25, 0.3) is 0 Å². The minimum atomic E-state index is 0.312. The zero-order chi connectivity index (χ0) is 13.8. The van der Waals surface area contributed by atoms with Crippen molar-refractivity contribution in [1.29, 1.82) is 0 Å². The van der Waals surface area contributed by atoms with Crippen molar-refractivity contribution in [3.05, 3.63) is 29.3 Å². The molecule has 1 aromatic rings. The molecule has 2 rings (SSSR count). The highest BCUT2D eigenvalue weighted by Gasteiger charge is 2.26. The van der Waals surface area contributed by atoms with E-state index in [2.05, 4.69) is 49.2 Å². The van der Waals surface area contributed by atoms with Crippen LogP contribution in [0.15, 0.2) is 18.2 Å². The molecule has 1 N–H and O–H groups in total. The van der Waals surface area contributed by atoms with E-state index in [1.165, 1.54) is 16.8 Å². The third-order valence-electron chi connectivity index (χ3n) is 3.85. The molecule has 0 amide bonds. The number of morpholine rings is 1. The van der Waals surface area contributed by atoms with E-state index in [4.69, 9.17) is 4.74 Å². The topological polar surface area (TPSA) is 24.5 Å². The lowest BCUT2D eigenvalue weighted by Crippen LogP contribution is -2.49. The fourth-order valence-electron chi connectivity index (χ4n) is 2.80. The molecule has 0 radical (unpaired) electrons. The first-order chi connectivity index (χ1) is 9.15. The molecule has 1 aromatic carbocycles. The van der Waals surface area contributed by atoms with Crippen LogP contribution >= 0.6 is 0 Å². The van der Waals surface area contributed by atoms with Crippen LogP contribution in [0.3, 0.4) is 0 Å². The van der Waals surface area contributed by atoms with E-state index < -0.39 is 0 Å². The second kappa shape index (κ2) is 6.40. The molecule has 0 aromatic heterocycles. The number of aryl methyl sites for hydroxylation is 1. The van der Waals surface area contributed by atoms with Gasteiger partial charge in [0, 0.05) is 18.8 Å². The Balaban J connectivity index is 2.32. The first-order valence-electron chi connectivity index (χ1n) is 7.28. The summed E-state index contributed by atoms with van der Waals surface area (Å²) in [6.07, 6.45) is 1.44. The lowest BCUT2D eigenvalue weighted by atomic mass is 10.0. The van der Waals surface area contributed by atoms with E-state index in [1.54, 1.807) is 0 Å². The molecule has 1 fully saturated rings. The van der Waals surface area contributed by atoms with Crippen LogP contribution in [0, 0.1) is 6.92 Å². The molecular formula is C16H26N2O. The summed E-state index contributed by atoms with van der Waals surface area (Å²) in [4.78, 5) is 2.53. The molecule has 0 bridgehead atoms. The van der Waals surface area contributed by atoms with Gasteiger partial charge in [-0.2, -0.15) is 0 Å². The van der Waals surface area contributed by atoms with Gasteiger partial charge in [0.15, 0.2) is 0 Å². The number of ether oxygens (including phenoxy) is 1. The van der Waals surface area contributed by atoms with Crippen LogP contribution in [0.5, 0.6) is 0 Å². The van der Waals surface area contributed by atoms with Gasteiger partial charge in [-0.25, -0.2) is 0 Å². The molecule has 1 saturated heterocycles. The number of nitrogens with one attached hydrogen (secondary N) is 1. The highest BCUT2D eigenvalue weighted by molar-refractivity contribution is 5.56. The molecule has 1 heterocycles. The number of anilines is 1.